The van der Waals surface area contributed by atoms with Gasteiger partial charge in [-0.15, -0.1) is 0 Å². The molecule has 1 aromatic carbocycles. The summed E-state index contributed by atoms with van der Waals surface area (Å²) in [6.45, 7) is 10.6. The fraction of sp³-hybridized carbons (Fsp3) is 0.588. The lowest BCUT2D eigenvalue weighted by Crippen LogP contribution is -2.51. The highest BCUT2D eigenvalue weighted by Crippen LogP contribution is 2.23. The molecule has 1 fully saturated rings. The van der Waals surface area contributed by atoms with Crippen LogP contribution in [0.4, 0.5) is 0 Å². The topological polar surface area (TPSA) is 48.3 Å². The summed E-state index contributed by atoms with van der Waals surface area (Å²) in [6.07, 6.45) is 0. The zero-order valence-corrected chi connectivity index (χ0v) is 13.2. The normalized spacial score (nSPS) is 19.5. The van der Waals surface area contributed by atoms with Crippen molar-refractivity contribution in [3.05, 3.63) is 29.3 Å². The number of nitriles is 1. The van der Waals surface area contributed by atoms with E-state index in [1.54, 1.807) is 0 Å². The Morgan fingerprint density at radius 2 is 2.29 bits per heavy atom. The van der Waals surface area contributed by atoms with E-state index in [1.165, 1.54) is 11.1 Å². The number of nitrogens with one attached hydrogen (secondary N) is 1. The summed E-state index contributed by atoms with van der Waals surface area (Å²) in [5.41, 5.74) is 2.65. The molecule has 1 aliphatic heterocycles. The zero-order valence-electron chi connectivity index (χ0n) is 13.2. The Kier molecular flexibility index (Phi) is 5.60. The van der Waals surface area contributed by atoms with Gasteiger partial charge in [0.2, 0.25) is 0 Å². The van der Waals surface area contributed by atoms with Crippen LogP contribution in [0, 0.1) is 18.3 Å². The van der Waals surface area contributed by atoms with Gasteiger partial charge in [0.25, 0.3) is 0 Å². The molecule has 1 saturated heterocycles. The van der Waals surface area contributed by atoms with E-state index in [0.29, 0.717) is 12.5 Å². The Balaban J connectivity index is 1.86. The average Bonchev–Trinajstić information content (AvgIpc) is 2.47. The molecule has 4 heteroatoms. The van der Waals surface area contributed by atoms with Gasteiger partial charge < -0.3 is 10.1 Å². The highest BCUT2D eigenvalue weighted by Gasteiger charge is 2.21. The van der Waals surface area contributed by atoms with E-state index in [-0.39, 0.29) is 6.04 Å². The second-order valence-corrected chi connectivity index (χ2v) is 5.91. The van der Waals surface area contributed by atoms with Crippen molar-refractivity contribution in [2.75, 3.05) is 32.8 Å². The number of nitrogens with zero attached hydrogens (tertiary/aromatic N) is 2. The number of rotatable bonds is 5. The largest absolute Gasteiger partial charge is 0.492 e. The zero-order chi connectivity index (χ0) is 15.2. The molecule has 0 bridgehead atoms. The second-order valence-electron chi connectivity index (χ2n) is 5.91. The minimum atomic E-state index is -0.0348. The van der Waals surface area contributed by atoms with Crippen molar-refractivity contribution in [3.63, 3.8) is 0 Å². The Bertz CT molecular complexity index is 507. The van der Waals surface area contributed by atoms with Gasteiger partial charge in [0.05, 0.1) is 6.07 Å². The molecule has 1 atom stereocenters. The summed E-state index contributed by atoms with van der Waals surface area (Å²) in [6, 6.07) is 8.61. The third-order valence-corrected chi connectivity index (χ3v) is 4.01. The van der Waals surface area contributed by atoms with Crippen LogP contribution in [0.1, 0.15) is 30.9 Å². The van der Waals surface area contributed by atoms with Crippen molar-refractivity contribution in [1.82, 2.24) is 10.2 Å². The molecule has 4 nitrogen and oxygen atoms in total. The van der Waals surface area contributed by atoms with Gasteiger partial charge in [0.1, 0.15) is 18.4 Å². The number of benzene rings is 1. The molecule has 1 aromatic rings. The number of hydrogen-bond acceptors (Lipinski definition) is 4. The summed E-state index contributed by atoms with van der Waals surface area (Å²) >= 11 is 0. The van der Waals surface area contributed by atoms with Gasteiger partial charge in [0.15, 0.2) is 0 Å². The fourth-order valence-electron chi connectivity index (χ4n) is 2.81. The first-order chi connectivity index (χ1) is 10.1. The number of aryl methyl sites for hydroxylation is 1. The summed E-state index contributed by atoms with van der Waals surface area (Å²) in [4.78, 5) is 2.19. The summed E-state index contributed by atoms with van der Waals surface area (Å²) in [5.74, 6) is 1.46. The highest BCUT2D eigenvalue weighted by atomic mass is 16.5. The number of piperazine rings is 1. The molecular formula is C17H25N3O. The first-order valence-electron chi connectivity index (χ1n) is 7.69. The van der Waals surface area contributed by atoms with Crippen molar-refractivity contribution < 1.29 is 4.74 Å². The maximum Gasteiger partial charge on any atom is 0.119 e. The summed E-state index contributed by atoms with van der Waals surface area (Å²) in [5, 5.41) is 12.4. The molecule has 0 spiro atoms. The molecule has 114 valence electrons. The monoisotopic (exact) mass is 287 g/mol. The van der Waals surface area contributed by atoms with Crippen molar-refractivity contribution in [2.24, 2.45) is 0 Å². The van der Waals surface area contributed by atoms with Crippen molar-refractivity contribution >= 4 is 0 Å². The van der Waals surface area contributed by atoms with E-state index in [4.69, 9.17) is 10.00 Å². The lowest BCUT2D eigenvalue weighted by atomic mass is 9.98. The van der Waals surface area contributed by atoms with Gasteiger partial charge >= 0.3 is 0 Å². The predicted octanol–water partition coefficient (Wildman–Crippen LogP) is 2.29. The van der Waals surface area contributed by atoms with E-state index < -0.39 is 0 Å². The highest BCUT2D eigenvalue weighted by molar-refractivity contribution is 5.36. The predicted molar refractivity (Wildman–Crippen MR) is 84.6 cm³/mol. The summed E-state index contributed by atoms with van der Waals surface area (Å²) in [7, 11) is 0. The third kappa shape index (κ3) is 4.20. The average molecular weight is 287 g/mol. The molecule has 1 aliphatic rings. The van der Waals surface area contributed by atoms with Crippen molar-refractivity contribution in [2.45, 2.75) is 32.7 Å². The lowest BCUT2D eigenvalue weighted by molar-refractivity contribution is 0.161. The van der Waals surface area contributed by atoms with Crippen LogP contribution in [0.2, 0.25) is 0 Å². The van der Waals surface area contributed by atoms with E-state index in [0.717, 1.165) is 31.9 Å². The molecule has 0 radical (unpaired) electrons. The van der Waals surface area contributed by atoms with E-state index in [9.17, 15) is 0 Å². The van der Waals surface area contributed by atoms with Crippen LogP contribution in [0.5, 0.6) is 5.75 Å². The van der Waals surface area contributed by atoms with Gasteiger partial charge in [0, 0.05) is 26.2 Å². The van der Waals surface area contributed by atoms with E-state index >= 15 is 0 Å². The van der Waals surface area contributed by atoms with Crippen LogP contribution >= 0.6 is 0 Å². The molecule has 21 heavy (non-hydrogen) atoms. The molecular weight excluding hydrogens is 262 g/mol. The summed E-state index contributed by atoms with van der Waals surface area (Å²) < 4.78 is 5.85. The molecule has 0 amide bonds. The fourth-order valence-corrected chi connectivity index (χ4v) is 2.81. The standard InChI is InChI=1S/C17H25N3O/c1-13(2)17-5-4-16(10-14(17)3)21-9-8-20-7-6-19-12-15(20)11-18/h4-5,10,13,15,19H,6-9,12H2,1-3H3. The number of ether oxygens (including phenoxy) is 1. The Morgan fingerprint density at radius 1 is 1.48 bits per heavy atom. The van der Waals surface area contributed by atoms with Gasteiger partial charge in [-0.05, 0) is 36.1 Å². The van der Waals surface area contributed by atoms with Gasteiger partial charge in [-0.25, -0.2) is 0 Å². The van der Waals surface area contributed by atoms with E-state index in [1.807, 2.05) is 6.07 Å². The van der Waals surface area contributed by atoms with Crippen LogP contribution < -0.4 is 10.1 Å². The second kappa shape index (κ2) is 7.44. The first-order valence-corrected chi connectivity index (χ1v) is 7.69. The van der Waals surface area contributed by atoms with Gasteiger partial charge in [-0.2, -0.15) is 5.26 Å². The van der Waals surface area contributed by atoms with E-state index in [2.05, 4.69) is 49.2 Å². The van der Waals surface area contributed by atoms with Crippen LogP contribution in [0.25, 0.3) is 0 Å². The van der Waals surface area contributed by atoms with Crippen molar-refractivity contribution in [3.8, 4) is 11.8 Å². The smallest absolute Gasteiger partial charge is 0.119 e. The van der Waals surface area contributed by atoms with Crippen LogP contribution in [-0.2, 0) is 0 Å². The van der Waals surface area contributed by atoms with Crippen LogP contribution in [0.3, 0.4) is 0 Å². The quantitative estimate of drug-likeness (QED) is 0.902. The number of hydrogen-bond donors (Lipinski definition) is 1. The SMILES string of the molecule is Cc1cc(OCCN2CCNCC2C#N)ccc1C(C)C. The Hall–Kier alpha value is -1.57. The van der Waals surface area contributed by atoms with Gasteiger partial charge in [-0.1, -0.05) is 19.9 Å². The first kappa shape index (κ1) is 15.8. The minimum absolute atomic E-state index is 0.0348. The molecule has 0 saturated carbocycles. The molecule has 0 aromatic heterocycles. The van der Waals surface area contributed by atoms with Crippen molar-refractivity contribution in [1.29, 1.82) is 5.26 Å². The molecule has 0 aliphatic carbocycles. The molecule has 1 heterocycles. The van der Waals surface area contributed by atoms with Crippen LogP contribution in [-0.4, -0.2) is 43.7 Å². The minimum Gasteiger partial charge on any atom is -0.492 e. The molecule has 2 rings (SSSR count). The Morgan fingerprint density at radius 3 is 2.95 bits per heavy atom. The molecule has 1 unspecified atom stereocenters. The maximum atomic E-state index is 9.12. The molecule has 1 N–H and O–H groups in total. The Labute approximate surface area is 127 Å². The van der Waals surface area contributed by atoms with Gasteiger partial charge in [-0.3, -0.25) is 4.90 Å². The third-order valence-electron chi connectivity index (χ3n) is 4.01. The van der Waals surface area contributed by atoms with Crippen LogP contribution in [0.15, 0.2) is 18.2 Å². The lowest BCUT2D eigenvalue weighted by Gasteiger charge is -2.31. The maximum absolute atomic E-state index is 9.12.